The van der Waals surface area contributed by atoms with Crippen LogP contribution in [0.5, 0.6) is 0 Å². The van der Waals surface area contributed by atoms with Crippen molar-refractivity contribution in [2.45, 2.75) is 11.8 Å². The molecule has 2 N–H and O–H groups in total. The molecular weight excluding hydrogens is 348 g/mol. The van der Waals surface area contributed by atoms with Crippen molar-refractivity contribution in [1.29, 1.82) is 0 Å². The third-order valence-corrected chi connectivity index (χ3v) is 4.43. The Balaban J connectivity index is 1.91. The van der Waals surface area contributed by atoms with Gasteiger partial charge in [-0.3, -0.25) is 4.79 Å². The number of amides is 1. The van der Waals surface area contributed by atoms with Gasteiger partial charge in [-0.15, -0.1) is 0 Å². The van der Waals surface area contributed by atoms with Crippen molar-refractivity contribution in [3.63, 3.8) is 0 Å². The van der Waals surface area contributed by atoms with Crippen molar-refractivity contribution in [1.82, 2.24) is 10.0 Å². The summed E-state index contributed by atoms with van der Waals surface area (Å²) in [5.74, 6) is -0.0805. The lowest BCUT2D eigenvalue weighted by atomic mass is 10.4. The molecule has 9 heteroatoms. The van der Waals surface area contributed by atoms with E-state index in [0.29, 0.717) is 39.6 Å². The highest BCUT2D eigenvalue weighted by Crippen LogP contribution is 2.06. The van der Waals surface area contributed by atoms with Crippen LogP contribution in [-0.2, 0) is 29.0 Å². The zero-order chi connectivity index (χ0) is 18.4. The van der Waals surface area contributed by atoms with Crippen LogP contribution in [0.15, 0.2) is 35.2 Å². The lowest BCUT2D eigenvalue weighted by molar-refractivity contribution is -0.119. The molecule has 0 fully saturated rings. The topological polar surface area (TPSA) is 103 Å². The van der Waals surface area contributed by atoms with Crippen molar-refractivity contribution in [3.8, 4) is 0 Å². The summed E-state index contributed by atoms with van der Waals surface area (Å²) < 4.78 is 42.2. The van der Waals surface area contributed by atoms with E-state index in [9.17, 15) is 13.2 Å². The maximum atomic E-state index is 11.9. The van der Waals surface area contributed by atoms with E-state index in [0.717, 1.165) is 0 Å². The van der Waals surface area contributed by atoms with E-state index in [4.69, 9.17) is 14.2 Å². The molecular formula is C16H26N2O6S. The highest BCUT2D eigenvalue weighted by atomic mass is 32.2. The molecule has 0 atom stereocenters. The molecule has 1 rings (SSSR count). The minimum atomic E-state index is -3.48. The Kier molecular flexibility index (Phi) is 11.0. The predicted molar refractivity (Wildman–Crippen MR) is 92.8 cm³/mol. The molecule has 0 unspecified atom stereocenters. The normalized spacial score (nSPS) is 11.4. The highest BCUT2D eigenvalue weighted by molar-refractivity contribution is 7.89. The standard InChI is InChI=1S/C16H26N2O6S/c1-15(19)17-7-9-22-11-13-24-14-12-23-10-8-18-25(20,21)16-5-3-2-4-6-16/h2-6,18H,7-14H2,1H3,(H,17,19). The SMILES string of the molecule is CC(=O)NCCOCCOCCOCCNS(=O)(=O)c1ccccc1. The average molecular weight is 374 g/mol. The summed E-state index contributed by atoms with van der Waals surface area (Å²) in [5, 5.41) is 2.62. The molecule has 1 aromatic rings. The van der Waals surface area contributed by atoms with Crippen LogP contribution in [-0.4, -0.2) is 67.1 Å². The van der Waals surface area contributed by atoms with Crippen LogP contribution >= 0.6 is 0 Å². The Labute approximate surface area is 148 Å². The van der Waals surface area contributed by atoms with Gasteiger partial charge in [0.2, 0.25) is 15.9 Å². The molecule has 0 aromatic heterocycles. The Hall–Kier alpha value is -1.52. The van der Waals surface area contributed by atoms with Crippen LogP contribution in [0, 0.1) is 0 Å². The molecule has 0 aliphatic heterocycles. The van der Waals surface area contributed by atoms with Crippen LogP contribution in [0.1, 0.15) is 6.92 Å². The van der Waals surface area contributed by atoms with Gasteiger partial charge in [-0.2, -0.15) is 0 Å². The second-order valence-electron chi connectivity index (χ2n) is 5.03. The van der Waals surface area contributed by atoms with Gasteiger partial charge in [-0.25, -0.2) is 13.1 Å². The molecule has 8 nitrogen and oxygen atoms in total. The summed E-state index contributed by atoms with van der Waals surface area (Å²) in [5.41, 5.74) is 0. The second kappa shape index (κ2) is 12.8. The van der Waals surface area contributed by atoms with Gasteiger partial charge in [0, 0.05) is 20.0 Å². The first-order chi connectivity index (χ1) is 12.0. The Morgan fingerprint density at radius 1 is 0.880 bits per heavy atom. The van der Waals surface area contributed by atoms with Crippen LogP contribution in [0.2, 0.25) is 0 Å². The van der Waals surface area contributed by atoms with Crippen molar-refractivity contribution < 1.29 is 27.4 Å². The first-order valence-corrected chi connectivity index (χ1v) is 9.53. The summed E-state index contributed by atoms with van der Waals surface area (Å²) in [6.45, 7) is 4.50. The molecule has 25 heavy (non-hydrogen) atoms. The zero-order valence-electron chi connectivity index (χ0n) is 14.4. The quantitative estimate of drug-likeness (QED) is 0.450. The summed E-state index contributed by atoms with van der Waals surface area (Å²) in [7, 11) is -3.48. The average Bonchev–Trinajstić information content (AvgIpc) is 2.59. The summed E-state index contributed by atoms with van der Waals surface area (Å²) >= 11 is 0. The number of benzene rings is 1. The number of hydrogen-bond acceptors (Lipinski definition) is 6. The molecule has 0 spiro atoms. The van der Waals surface area contributed by atoms with Gasteiger partial charge < -0.3 is 19.5 Å². The fourth-order valence-corrected chi connectivity index (χ4v) is 2.81. The summed E-state index contributed by atoms with van der Waals surface area (Å²) in [6.07, 6.45) is 0. The molecule has 0 radical (unpaired) electrons. The number of carbonyl (C=O) groups excluding carboxylic acids is 1. The number of sulfonamides is 1. The summed E-state index contributed by atoms with van der Waals surface area (Å²) in [6, 6.07) is 8.18. The molecule has 1 aromatic carbocycles. The van der Waals surface area contributed by atoms with Gasteiger partial charge in [-0.05, 0) is 12.1 Å². The van der Waals surface area contributed by atoms with E-state index in [1.54, 1.807) is 18.2 Å². The first-order valence-electron chi connectivity index (χ1n) is 8.05. The Bertz CT molecular complexity index is 580. The van der Waals surface area contributed by atoms with Crippen molar-refractivity contribution in [3.05, 3.63) is 30.3 Å². The number of rotatable bonds is 14. The lowest BCUT2D eigenvalue weighted by Crippen LogP contribution is -2.27. The Morgan fingerprint density at radius 3 is 1.96 bits per heavy atom. The maximum absolute atomic E-state index is 11.9. The molecule has 0 heterocycles. The van der Waals surface area contributed by atoms with Crippen LogP contribution in [0.4, 0.5) is 0 Å². The van der Waals surface area contributed by atoms with Gasteiger partial charge >= 0.3 is 0 Å². The molecule has 0 aliphatic carbocycles. The molecule has 142 valence electrons. The first kappa shape index (κ1) is 21.5. The fraction of sp³-hybridized carbons (Fsp3) is 0.562. The third kappa shape index (κ3) is 10.8. The molecule has 0 saturated heterocycles. The van der Waals surface area contributed by atoms with Crippen LogP contribution in [0.3, 0.4) is 0 Å². The largest absolute Gasteiger partial charge is 0.378 e. The van der Waals surface area contributed by atoms with Gasteiger partial charge in [-0.1, -0.05) is 18.2 Å². The molecule has 0 saturated carbocycles. The van der Waals surface area contributed by atoms with Crippen LogP contribution < -0.4 is 10.0 Å². The smallest absolute Gasteiger partial charge is 0.240 e. The van der Waals surface area contributed by atoms with Crippen LogP contribution in [0.25, 0.3) is 0 Å². The number of hydrogen-bond donors (Lipinski definition) is 2. The molecule has 1 amide bonds. The minimum Gasteiger partial charge on any atom is -0.378 e. The third-order valence-electron chi connectivity index (χ3n) is 2.96. The zero-order valence-corrected chi connectivity index (χ0v) is 15.2. The van der Waals surface area contributed by atoms with Crippen molar-refractivity contribution >= 4 is 15.9 Å². The molecule has 0 aliphatic rings. The van der Waals surface area contributed by atoms with Gasteiger partial charge in [0.05, 0.1) is 44.5 Å². The number of ether oxygens (including phenoxy) is 3. The fourth-order valence-electron chi connectivity index (χ4n) is 1.77. The van der Waals surface area contributed by atoms with E-state index < -0.39 is 10.0 Å². The number of carbonyl (C=O) groups is 1. The predicted octanol–water partition coefficient (Wildman–Crippen LogP) is 0.151. The van der Waals surface area contributed by atoms with Crippen molar-refractivity contribution in [2.24, 2.45) is 0 Å². The second-order valence-corrected chi connectivity index (χ2v) is 6.80. The summed E-state index contributed by atoms with van der Waals surface area (Å²) in [4.78, 5) is 10.8. The van der Waals surface area contributed by atoms with E-state index >= 15 is 0 Å². The lowest BCUT2D eigenvalue weighted by Gasteiger charge is -2.08. The van der Waals surface area contributed by atoms with Gasteiger partial charge in [0.15, 0.2) is 0 Å². The van der Waals surface area contributed by atoms with E-state index in [-0.39, 0.29) is 24.0 Å². The van der Waals surface area contributed by atoms with Gasteiger partial charge in [0.1, 0.15) is 0 Å². The van der Waals surface area contributed by atoms with E-state index in [1.165, 1.54) is 19.1 Å². The van der Waals surface area contributed by atoms with E-state index in [2.05, 4.69) is 10.0 Å². The number of nitrogens with one attached hydrogen (secondary N) is 2. The maximum Gasteiger partial charge on any atom is 0.240 e. The monoisotopic (exact) mass is 374 g/mol. The Morgan fingerprint density at radius 2 is 1.40 bits per heavy atom. The minimum absolute atomic E-state index is 0.0805. The van der Waals surface area contributed by atoms with E-state index in [1.807, 2.05) is 0 Å². The van der Waals surface area contributed by atoms with Gasteiger partial charge in [0.25, 0.3) is 0 Å². The van der Waals surface area contributed by atoms with Crippen molar-refractivity contribution in [2.75, 3.05) is 52.7 Å². The molecule has 0 bridgehead atoms. The highest BCUT2D eigenvalue weighted by Gasteiger charge is 2.11.